The van der Waals surface area contributed by atoms with Crippen molar-refractivity contribution < 1.29 is 22.6 Å². The van der Waals surface area contributed by atoms with Crippen molar-refractivity contribution in [1.29, 1.82) is 0 Å². The Kier molecular flexibility index (Phi) is 4.36. The maximum Gasteiger partial charge on any atom is 0.418 e. The molecule has 6 heteroatoms. The molecular formula is C11H14F3NO2. The van der Waals surface area contributed by atoms with Crippen LogP contribution in [-0.4, -0.2) is 13.4 Å². The second kappa shape index (κ2) is 5.37. The summed E-state index contributed by atoms with van der Waals surface area (Å²) in [4.78, 5) is 0. The first-order valence-electron chi connectivity index (χ1n) is 4.94. The number of benzene rings is 1. The normalized spacial score (nSPS) is 13.7. The molecule has 0 radical (unpaired) electrons. The van der Waals surface area contributed by atoms with Crippen LogP contribution in [0.2, 0.25) is 0 Å². The predicted octanol–water partition coefficient (Wildman–Crippen LogP) is 2.80. The standard InChI is InChI=1S/C11H14F3NO2/c1-7(16-2)17-6-8-3-4-10(15)9(5-8)11(12,13)14/h3-5,7H,6,15H2,1-2H3. The highest BCUT2D eigenvalue weighted by Gasteiger charge is 2.33. The molecule has 17 heavy (non-hydrogen) atoms. The van der Waals surface area contributed by atoms with Gasteiger partial charge in [-0.15, -0.1) is 0 Å². The van der Waals surface area contributed by atoms with Crippen LogP contribution >= 0.6 is 0 Å². The molecule has 0 saturated carbocycles. The SMILES string of the molecule is COC(C)OCc1ccc(N)c(C(F)(F)F)c1. The van der Waals surface area contributed by atoms with Crippen LogP contribution in [0.5, 0.6) is 0 Å². The summed E-state index contributed by atoms with van der Waals surface area (Å²) < 4.78 is 47.6. The van der Waals surface area contributed by atoms with E-state index in [0.29, 0.717) is 5.56 Å². The first-order chi connectivity index (χ1) is 7.84. The molecule has 0 aliphatic heterocycles. The van der Waals surface area contributed by atoms with Crippen LogP contribution in [0.4, 0.5) is 18.9 Å². The van der Waals surface area contributed by atoms with Gasteiger partial charge in [0, 0.05) is 12.8 Å². The zero-order valence-electron chi connectivity index (χ0n) is 9.54. The molecule has 0 saturated heterocycles. The molecule has 0 heterocycles. The second-order valence-electron chi connectivity index (χ2n) is 3.53. The summed E-state index contributed by atoms with van der Waals surface area (Å²) in [6.45, 7) is 1.69. The molecule has 0 bridgehead atoms. The van der Waals surface area contributed by atoms with Gasteiger partial charge in [-0.3, -0.25) is 0 Å². The molecular weight excluding hydrogens is 235 g/mol. The minimum absolute atomic E-state index is 0.0400. The van der Waals surface area contributed by atoms with Crippen LogP contribution < -0.4 is 5.73 Å². The van der Waals surface area contributed by atoms with Crippen LogP contribution in [0.3, 0.4) is 0 Å². The van der Waals surface area contributed by atoms with E-state index in [9.17, 15) is 13.2 Å². The van der Waals surface area contributed by atoms with E-state index in [1.54, 1.807) is 6.92 Å². The molecule has 1 rings (SSSR count). The van der Waals surface area contributed by atoms with Gasteiger partial charge >= 0.3 is 6.18 Å². The van der Waals surface area contributed by atoms with Crippen molar-refractivity contribution >= 4 is 5.69 Å². The quantitative estimate of drug-likeness (QED) is 0.659. The lowest BCUT2D eigenvalue weighted by molar-refractivity contribution is -0.137. The monoisotopic (exact) mass is 249 g/mol. The fourth-order valence-corrected chi connectivity index (χ4v) is 1.22. The fourth-order valence-electron chi connectivity index (χ4n) is 1.22. The van der Waals surface area contributed by atoms with E-state index in [1.807, 2.05) is 0 Å². The fraction of sp³-hybridized carbons (Fsp3) is 0.455. The molecule has 0 fully saturated rings. The van der Waals surface area contributed by atoms with Gasteiger partial charge in [0.05, 0.1) is 12.2 Å². The lowest BCUT2D eigenvalue weighted by atomic mass is 10.1. The van der Waals surface area contributed by atoms with Crippen LogP contribution in [0.25, 0.3) is 0 Å². The highest BCUT2D eigenvalue weighted by atomic mass is 19.4. The molecule has 0 aliphatic rings. The summed E-state index contributed by atoms with van der Waals surface area (Å²) in [5.41, 5.74) is 4.54. The van der Waals surface area contributed by atoms with E-state index in [4.69, 9.17) is 15.2 Å². The van der Waals surface area contributed by atoms with Gasteiger partial charge in [-0.25, -0.2) is 0 Å². The Hall–Kier alpha value is -1.27. The molecule has 2 N–H and O–H groups in total. The highest BCUT2D eigenvalue weighted by Crippen LogP contribution is 2.34. The number of alkyl halides is 3. The van der Waals surface area contributed by atoms with Crippen LogP contribution in [0.1, 0.15) is 18.1 Å². The number of hydrogen-bond donors (Lipinski definition) is 1. The van der Waals surface area contributed by atoms with Gasteiger partial charge < -0.3 is 15.2 Å². The Morgan fingerprint density at radius 3 is 2.53 bits per heavy atom. The first-order valence-corrected chi connectivity index (χ1v) is 4.94. The summed E-state index contributed by atoms with van der Waals surface area (Å²) in [6, 6.07) is 3.70. The van der Waals surface area contributed by atoms with Gasteiger partial charge in [-0.1, -0.05) is 6.07 Å². The third-order valence-electron chi connectivity index (χ3n) is 2.24. The highest BCUT2D eigenvalue weighted by molar-refractivity contribution is 5.50. The zero-order valence-corrected chi connectivity index (χ0v) is 9.54. The Labute approximate surface area is 97.3 Å². The van der Waals surface area contributed by atoms with Crippen molar-refractivity contribution in [2.24, 2.45) is 0 Å². The van der Waals surface area contributed by atoms with Crippen molar-refractivity contribution in [3.8, 4) is 0 Å². The van der Waals surface area contributed by atoms with Crippen LogP contribution in [0, 0.1) is 0 Å². The average Bonchev–Trinajstić information content (AvgIpc) is 2.26. The Morgan fingerprint density at radius 2 is 2.00 bits per heavy atom. The summed E-state index contributed by atoms with van der Waals surface area (Å²) in [7, 11) is 1.45. The van der Waals surface area contributed by atoms with Crippen molar-refractivity contribution in [1.82, 2.24) is 0 Å². The molecule has 1 aromatic rings. The molecule has 0 aromatic heterocycles. The van der Waals surface area contributed by atoms with Gasteiger partial charge in [0.15, 0.2) is 6.29 Å². The number of ether oxygens (including phenoxy) is 2. The molecule has 1 atom stereocenters. The predicted molar refractivity (Wildman–Crippen MR) is 57.1 cm³/mol. The minimum atomic E-state index is -4.45. The van der Waals surface area contributed by atoms with E-state index in [2.05, 4.69) is 0 Å². The average molecular weight is 249 g/mol. The van der Waals surface area contributed by atoms with Crippen LogP contribution in [0.15, 0.2) is 18.2 Å². The zero-order chi connectivity index (χ0) is 13.1. The van der Waals surface area contributed by atoms with Gasteiger partial charge in [-0.2, -0.15) is 13.2 Å². The molecule has 96 valence electrons. The molecule has 0 amide bonds. The summed E-state index contributed by atoms with van der Waals surface area (Å²) in [5.74, 6) is 0. The smallest absolute Gasteiger partial charge is 0.398 e. The molecule has 1 unspecified atom stereocenters. The van der Waals surface area contributed by atoms with Crippen molar-refractivity contribution in [3.05, 3.63) is 29.3 Å². The second-order valence-corrected chi connectivity index (χ2v) is 3.53. The Morgan fingerprint density at radius 1 is 1.35 bits per heavy atom. The van der Waals surface area contributed by atoms with Crippen molar-refractivity contribution in [2.75, 3.05) is 12.8 Å². The molecule has 1 aromatic carbocycles. The lowest BCUT2D eigenvalue weighted by Gasteiger charge is -2.14. The first kappa shape index (κ1) is 13.8. The number of halogens is 3. The van der Waals surface area contributed by atoms with Crippen molar-refractivity contribution in [3.63, 3.8) is 0 Å². The molecule has 0 spiro atoms. The Balaban J connectivity index is 2.82. The minimum Gasteiger partial charge on any atom is -0.398 e. The van der Waals surface area contributed by atoms with E-state index in [-0.39, 0.29) is 12.3 Å². The lowest BCUT2D eigenvalue weighted by Crippen LogP contribution is -2.12. The van der Waals surface area contributed by atoms with E-state index in [1.165, 1.54) is 19.2 Å². The van der Waals surface area contributed by atoms with E-state index in [0.717, 1.165) is 6.07 Å². The van der Waals surface area contributed by atoms with Gasteiger partial charge in [0.25, 0.3) is 0 Å². The van der Waals surface area contributed by atoms with Crippen LogP contribution in [-0.2, 0) is 22.3 Å². The number of methoxy groups -OCH3 is 1. The van der Waals surface area contributed by atoms with Gasteiger partial charge in [0.2, 0.25) is 0 Å². The third kappa shape index (κ3) is 3.90. The summed E-state index contributed by atoms with van der Waals surface area (Å²) in [6.07, 6.45) is -4.92. The van der Waals surface area contributed by atoms with Gasteiger partial charge in [-0.05, 0) is 24.6 Å². The largest absolute Gasteiger partial charge is 0.418 e. The van der Waals surface area contributed by atoms with E-state index >= 15 is 0 Å². The summed E-state index contributed by atoms with van der Waals surface area (Å²) in [5, 5.41) is 0. The number of nitrogens with two attached hydrogens (primary N) is 1. The number of nitrogen functional groups attached to an aromatic ring is 1. The maximum absolute atomic E-state index is 12.5. The topological polar surface area (TPSA) is 44.5 Å². The van der Waals surface area contributed by atoms with E-state index < -0.39 is 18.0 Å². The maximum atomic E-state index is 12.5. The molecule has 0 aliphatic carbocycles. The number of rotatable bonds is 4. The van der Waals surface area contributed by atoms with Gasteiger partial charge in [0.1, 0.15) is 0 Å². The third-order valence-corrected chi connectivity index (χ3v) is 2.24. The van der Waals surface area contributed by atoms with Crippen molar-refractivity contribution in [2.45, 2.75) is 26.0 Å². The summed E-state index contributed by atoms with van der Waals surface area (Å²) >= 11 is 0. The number of anilines is 1. The number of hydrogen-bond acceptors (Lipinski definition) is 3. The Bertz CT molecular complexity index is 379. The molecule has 3 nitrogen and oxygen atoms in total.